The zero-order valence-corrected chi connectivity index (χ0v) is 13.4. The van der Waals surface area contributed by atoms with Crippen LogP contribution in [0.5, 0.6) is 11.5 Å². The summed E-state index contributed by atoms with van der Waals surface area (Å²) >= 11 is 0. The third kappa shape index (κ3) is 2.90. The SMILES string of the molecule is COC(=O)[C@H]1CN(C(=O)c2ccc(OC)cc2)c2ccccc2O1. The van der Waals surface area contributed by atoms with E-state index >= 15 is 0 Å². The average Bonchev–Trinajstić information content (AvgIpc) is 2.66. The third-order valence-corrected chi connectivity index (χ3v) is 3.82. The van der Waals surface area contributed by atoms with E-state index in [1.54, 1.807) is 49.6 Å². The van der Waals surface area contributed by atoms with E-state index in [2.05, 4.69) is 0 Å². The van der Waals surface area contributed by atoms with E-state index in [0.717, 1.165) is 0 Å². The highest BCUT2D eigenvalue weighted by molar-refractivity contribution is 6.07. The predicted octanol–water partition coefficient (Wildman–Crippen LogP) is 2.28. The molecule has 2 aromatic rings. The van der Waals surface area contributed by atoms with E-state index in [-0.39, 0.29) is 12.5 Å². The van der Waals surface area contributed by atoms with Crippen LogP contribution < -0.4 is 14.4 Å². The molecule has 1 heterocycles. The van der Waals surface area contributed by atoms with Crippen LogP contribution >= 0.6 is 0 Å². The molecule has 6 heteroatoms. The summed E-state index contributed by atoms with van der Waals surface area (Å²) in [6, 6.07) is 13.9. The summed E-state index contributed by atoms with van der Waals surface area (Å²) in [6.45, 7) is 0.0918. The monoisotopic (exact) mass is 327 g/mol. The van der Waals surface area contributed by atoms with Crippen molar-refractivity contribution >= 4 is 17.6 Å². The van der Waals surface area contributed by atoms with Gasteiger partial charge in [-0.3, -0.25) is 4.79 Å². The minimum atomic E-state index is -0.855. The lowest BCUT2D eigenvalue weighted by atomic mass is 10.1. The molecule has 0 spiro atoms. The van der Waals surface area contributed by atoms with Gasteiger partial charge in [0.15, 0.2) is 0 Å². The molecule has 0 unspecified atom stereocenters. The van der Waals surface area contributed by atoms with Crippen LogP contribution in [0.1, 0.15) is 10.4 Å². The van der Waals surface area contributed by atoms with Crippen molar-refractivity contribution in [3.8, 4) is 11.5 Å². The van der Waals surface area contributed by atoms with E-state index in [1.165, 1.54) is 12.0 Å². The molecular formula is C18H17NO5. The number of carbonyl (C=O) groups excluding carboxylic acids is 2. The molecule has 0 aromatic heterocycles. The summed E-state index contributed by atoms with van der Waals surface area (Å²) in [4.78, 5) is 26.3. The van der Waals surface area contributed by atoms with E-state index in [9.17, 15) is 9.59 Å². The molecule has 1 amide bonds. The van der Waals surface area contributed by atoms with Crippen LogP contribution in [-0.2, 0) is 9.53 Å². The minimum absolute atomic E-state index is 0.0918. The highest BCUT2D eigenvalue weighted by Gasteiger charge is 2.34. The average molecular weight is 327 g/mol. The molecule has 1 aliphatic heterocycles. The number of methoxy groups -OCH3 is 2. The van der Waals surface area contributed by atoms with Gasteiger partial charge in [-0.1, -0.05) is 12.1 Å². The second kappa shape index (κ2) is 6.62. The predicted molar refractivity (Wildman–Crippen MR) is 87.5 cm³/mol. The quantitative estimate of drug-likeness (QED) is 0.809. The van der Waals surface area contributed by atoms with Crippen LogP contribution in [0.3, 0.4) is 0 Å². The topological polar surface area (TPSA) is 65.1 Å². The first kappa shape index (κ1) is 15.9. The summed E-state index contributed by atoms with van der Waals surface area (Å²) < 4.78 is 15.5. The van der Waals surface area contributed by atoms with Gasteiger partial charge in [0, 0.05) is 5.56 Å². The Morgan fingerprint density at radius 1 is 1.08 bits per heavy atom. The molecule has 0 aliphatic carbocycles. The standard InChI is InChI=1S/C18H17NO5/c1-22-13-9-7-12(8-10-13)17(20)19-11-16(18(21)23-2)24-15-6-4-3-5-14(15)19/h3-10,16H,11H2,1-2H3/t16-/m1/s1. The Bertz CT molecular complexity index is 756. The zero-order chi connectivity index (χ0) is 17.1. The highest BCUT2D eigenvalue weighted by Crippen LogP contribution is 2.34. The number of rotatable bonds is 3. The molecule has 3 rings (SSSR count). The van der Waals surface area contributed by atoms with Crippen LogP contribution in [0.4, 0.5) is 5.69 Å². The Balaban J connectivity index is 1.94. The first-order chi connectivity index (χ1) is 11.6. The first-order valence-electron chi connectivity index (χ1n) is 7.43. The van der Waals surface area contributed by atoms with Gasteiger partial charge in [-0.2, -0.15) is 0 Å². The summed E-state index contributed by atoms with van der Waals surface area (Å²) in [7, 11) is 2.86. The van der Waals surface area contributed by atoms with E-state index in [1.807, 2.05) is 6.07 Å². The van der Waals surface area contributed by atoms with Gasteiger partial charge in [-0.15, -0.1) is 0 Å². The maximum atomic E-state index is 12.9. The molecule has 2 aromatic carbocycles. The molecule has 0 fully saturated rings. The van der Waals surface area contributed by atoms with E-state index in [4.69, 9.17) is 14.2 Å². The number of nitrogens with zero attached hydrogens (tertiary/aromatic N) is 1. The van der Waals surface area contributed by atoms with Gasteiger partial charge in [0.25, 0.3) is 5.91 Å². The number of hydrogen-bond acceptors (Lipinski definition) is 5. The fourth-order valence-electron chi connectivity index (χ4n) is 2.57. The summed E-state index contributed by atoms with van der Waals surface area (Å²) in [5.74, 6) is 0.404. The van der Waals surface area contributed by atoms with Crippen molar-refractivity contribution < 1.29 is 23.8 Å². The zero-order valence-electron chi connectivity index (χ0n) is 13.4. The van der Waals surface area contributed by atoms with Gasteiger partial charge in [0.05, 0.1) is 26.5 Å². The van der Waals surface area contributed by atoms with Crippen LogP contribution in [0.2, 0.25) is 0 Å². The lowest BCUT2D eigenvalue weighted by molar-refractivity contribution is -0.148. The summed E-state index contributed by atoms with van der Waals surface area (Å²) in [5.41, 5.74) is 1.12. The summed E-state index contributed by atoms with van der Waals surface area (Å²) in [6.07, 6.45) is -0.855. The molecule has 0 bridgehead atoms. The van der Waals surface area contributed by atoms with Crippen molar-refractivity contribution in [2.45, 2.75) is 6.10 Å². The van der Waals surface area contributed by atoms with Crippen LogP contribution in [0.25, 0.3) is 0 Å². The Labute approximate surface area is 139 Å². The fraction of sp³-hybridized carbons (Fsp3) is 0.222. The molecule has 0 N–H and O–H groups in total. The van der Waals surface area contributed by atoms with Crippen LogP contribution in [0.15, 0.2) is 48.5 Å². The normalized spacial score (nSPS) is 15.9. The molecule has 6 nitrogen and oxygen atoms in total. The lowest BCUT2D eigenvalue weighted by Crippen LogP contribution is -2.47. The van der Waals surface area contributed by atoms with Crippen LogP contribution in [0, 0.1) is 0 Å². The molecule has 124 valence electrons. The number of fused-ring (bicyclic) bond motifs is 1. The van der Waals surface area contributed by atoms with Gasteiger partial charge in [0.2, 0.25) is 6.10 Å². The smallest absolute Gasteiger partial charge is 0.348 e. The Morgan fingerprint density at radius 2 is 1.79 bits per heavy atom. The van der Waals surface area contributed by atoms with Gasteiger partial charge in [0.1, 0.15) is 11.5 Å². The van der Waals surface area contributed by atoms with Crippen molar-refractivity contribution in [2.24, 2.45) is 0 Å². The third-order valence-electron chi connectivity index (χ3n) is 3.82. The first-order valence-corrected chi connectivity index (χ1v) is 7.43. The number of anilines is 1. The second-order valence-electron chi connectivity index (χ2n) is 5.24. The number of ether oxygens (including phenoxy) is 3. The van der Waals surface area contributed by atoms with Crippen molar-refractivity contribution in [1.82, 2.24) is 0 Å². The Morgan fingerprint density at radius 3 is 2.46 bits per heavy atom. The lowest BCUT2D eigenvalue weighted by Gasteiger charge is -2.33. The van der Waals surface area contributed by atoms with Crippen LogP contribution in [-0.4, -0.2) is 38.7 Å². The van der Waals surface area contributed by atoms with Gasteiger partial charge >= 0.3 is 5.97 Å². The Kier molecular flexibility index (Phi) is 4.37. The molecule has 1 aliphatic rings. The molecule has 0 saturated carbocycles. The summed E-state index contributed by atoms with van der Waals surface area (Å²) in [5, 5.41) is 0. The van der Waals surface area contributed by atoms with Crippen molar-refractivity contribution in [1.29, 1.82) is 0 Å². The minimum Gasteiger partial charge on any atom is -0.497 e. The molecular weight excluding hydrogens is 310 g/mol. The maximum Gasteiger partial charge on any atom is 0.348 e. The molecule has 0 radical (unpaired) electrons. The Hall–Kier alpha value is -3.02. The van der Waals surface area contributed by atoms with Crippen molar-refractivity contribution in [3.05, 3.63) is 54.1 Å². The molecule has 1 atom stereocenters. The highest BCUT2D eigenvalue weighted by atomic mass is 16.6. The van der Waals surface area contributed by atoms with Crippen molar-refractivity contribution in [2.75, 3.05) is 25.7 Å². The van der Waals surface area contributed by atoms with Gasteiger partial charge in [-0.05, 0) is 36.4 Å². The fourth-order valence-corrected chi connectivity index (χ4v) is 2.57. The number of benzene rings is 2. The maximum absolute atomic E-state index is 12.9. The number of amides is 1. The number of carbonyl (C=O) groups is 2. The number of esters is 1. The van der Waals surface area contributed by atoms with E-state index < -0.39 is 12.1 Å². The van der Waals surface area contributed by atoms with Crippen molar-refractivity contribution in [3.63, 3.8) is 0 Å². The molecule has 24 heavy (non-hydrogen) atoms. The second-order valence-corrected chi connectivity index (χ2v) is 5.24. The largest absolute Gasteiger partial charge is 0.497 e. The van der Waals surface area contributed by atoms with Gasteiger partial charge < -0.3 is 19.1 Å². The number of hydrogen-bond donors (Lipinski definition) is 0. The number of para-hydroxylation sites is 2. The van der Waals surface area contributed by atoms with E-state index in [0.29, 0.717) is 22.7 Å². The van der Waals surface area contributed by atoms with Gasteiger partial charge in [-0.25, -0.2) is 4.79 Å². The molecule has 0 saturated heterocycles.